The molecule has 0 bridgehead atoms. The lowest BCUT2D eigenvalue weighted by atomic mass is 9.95. The van der Waals surface area contributed by atoms with Gasteiger partial charge in [-0.3, -0.25) is 14.5 Å². The fourth-order valence-electron chi connectivity index (χ4n) is 4.42. The van der Waals surface area contributed by atoms with Gasteiger partial charge in [0.05, 0.1) is 45.2 Å². The van der Waals surface area contributed by atoms with E-state index in [2.05, 4.69) is 18.8 Å². The maximum absolute atomic E-state index is 13.5. The number of methoxy groups -OCH3 is 3. The van der Waals surface area contributed by atoms with Gasteiger partial charge in [0.2, 0.25) is 0 Å². The van der Waals surface area contributed by atoms with E-state index >= 15 is 0 Å². The Morgan fingerprint density at radius 3 is 2.49 bits per heavy atom. The monoisotopic (exact) mass is 580 g/mol. The predicted molar refractivity (Wildman–Crippen MR) is 154 cm³/mol. The van der Waals surface area contributed by atoms with Gasteiger partial charge in [0, 0.05) is 5.56 Å². The van der Waals surface area contributed by atoms with Gasteiger partial charge in [0.25, 0.3) is 5.78 Å². The summed E-state index contributed by atoms with van der Waals surface area (Å²) >= 11 is 0.923. The number of aromatic nitrogens is 1. The Labute approximate surface area is 242 Å². The van der Waals surface area contributed by atoms with Crippen LogP contribution in [0.5, 0.6) is 17.2 Å². The Morgan fingerprint density at radius 1 is 1.07 bits per heavy atom. The molecule has 3 aromatic rings. The van der Waals surface area contributed by atoms with Crippen LogP contribution in [0.3, 0.4) is 0 Å². The highest BCUT2D eigenvalue weighted by Gasteiger charge is 2.48. The number of esters is 1. The third-order valence-electron chi connectivity index (χ3n) is 6.61. The number of Topliss-reactive ketones (excluding diaryl/α,β-unsaturated/α-hetero) is 1. The van der Waals surface area contributed by atoms with E-state index in [0.717, 1.165) is 17.8 Å². The summed E-state index contributed by atoms with van der Waals surface area (Å²) in [7, 11) is 4.23. The van der Waals surface area contributed by atoms with E-state index < -0.39 is 23.7 Å². The molecule has 1 atom stereocenters. The van der Waals surface area contributed by atoms with Gasteiger partial charge in [-0.05, 0) is 49.1 Å². The van der Waals surface area contributed by atoms with E-state index in [1.807, 2.05) is 0 Å². The number of ether oxygens (including phenoxy) is 4. The van der Waals surface area contributed by atoms with Gasteiger partial charge in [-0.1, -0.05) is 43.4 Å². The molecule has 1 fully saturated rings. The minimum absolute atomic E-state index is 0.107. The van der Waals surface area contributed by atoms with Crippen LogP contribution in [0, 0.1) is 12.8 Å². The number of amides is 1. The summed E-state index contributed by atoms with van der Waals surface area (Å²) in [5.74, 6) is -0.993. The Balaban J connectivity index is 1.90. The summed E-state index contributed by atoms with van der Waals surface area (Å²) in [6, 6.07) is 10.5. The van der Waals surface area contributed by atoms with Gasteiger partial charge in [-0.25, -0.2) is 9.78 Å². The molecular formula is C30H32N2O8S. The first-order valence-electron chi connectivity index (χ1n) is 12.9. The maximum atomic E-state index is 13.5. The molecule has 1 aliphatic rings. The minimum Gasteiger partial charge on any atom is -0.507 e. The lowest BCUT2D eigenvalue weighted by Crippen LogP contribution is -2.29. The molecule has 0 saturated carbocycles. The molecule has 10 nitrogen and oxygen atoms in total. The molecule has 2 aromatic carbocycles. The molecule has 1 N–H and O–H groups in total. The number of benzene rings is 2. The molecule has 4 rings (SSSR count). The smallest absolute Gasteiger partial charge is 0.350 e. The summed E-state index contributed by atoms with van der Waals surface area (Å²) < 4.78 is 21.7. The molecule has 11 heteroatoms. The predicted octanol–water partition coefficient (Wildman–Crippen LogP) is 5.31. The lowest BCUT2D eigenvalue weighted by Gasteiger charge is -2.24. The number of thiazole rings is 1. The molecule has 1 aromatic heterocycles. The highest BCUT2D eigenvalue weighted by Crippen LogP contribution is 2.45. The second-order valence-corrected chi connectivity index (χ2v) is 10.7. The molecule has 0 aliphatic carbocycles. The Kier molecular flexibility index (Phi) is 8.97. The summed E-state index contributed by atoms with van der Waals surface area (Å²) in [6.07, 6.45) is 0.845. The average Bonchev–Trinajstić information content (AvgIpc) is 3.48. The molecule has 1 saturated heterocycles. The molecule has 0 spiro atoms. The average molecular weight is 581 g/mol. The van der Waals surface area contributed by atoms with Crippen LogP contribution in [0.1, 0.15) is 52.8 Å². The number of aliphatic hydroxyl groups excluding tert-OH is 1. The first-order valence-corrected chi connectivity index (χ1v) is 13.7. The number of carbonyl (C=O) groups is 3. The van der Waals surface area contributed by atoms with Crippen molar-refractivity contribution in [3.63, 3.8) is 0 Å². The molecule has 41 heavy (non-hydrogen) atoms. The van der Waals surface area contributed by atoms with Crippen molar-refractivity contribution in [2.24, 2.45) is 5.92 Å². The Morgan fingerprint density at radius 2 is 1.83 bits per heavy atom. The summed E-state index contributed by atoms with van der Waals surface area (Å²) in [4.78, 5) is 45.2. The van der Waals surface area contributed by atoms with E-state index in [1.165, 1.54) is 26.2 Å². The normalized spacial score (nSPS) is 16.3. The molecule has 216 valence electrons. The Bertz CT molecular complexity index is 1510. The van der Waals surface area contributed by atoms with Crippen LogP contribution in [0.4, 0.5) is 5.13 Å². The van der Waals surface area contributed by atoms with Crippen molar-refractivity contribution in [3.05, 3.63) is 69.7 Å². The number of rotatable bonds is 10. The number of anilines is 1. The van der Waals surface area contributed by atoms with Gasteiger partial charge >= 0.3 is 11.9 Å². The summed E-state index contributed by atoms with van der Waals surface area (Å²) in [6.45, 7) is 6.29. The molecule has 2 heterocycles. The number of carbonyl (C=O) groups excluding carboxylic acids is 3. The second kappa shape index (κ2) is 12.4. The number of hydrogen-bond donors (Lipinski definition) is 1. The highest BCUT2D eigenvalue weighted by molar-refractivity contribution is 7.17. The zero-order valence-electron chi connectivity index (χ0n) is 23.7. The number of aliphatic hydroxyl groups is 1. The SMILES string of the molecule is COC(=O)c1sc(N2C(=O)C(=O)C(=C(O)c3cccc(OC)c3)C2c2ccc(OCCC(C)C)c(OC)c2)nc1C. The number of ketones is 1. The molecule has 1 amide bonds. The molecule has 1 aliphatic heterocycles. The van der Waals surface area contributed by atoms with Gasteiger partial charge in [0.1, 0.15) is 16.4 Å². The van der Waals surface area contributed by atoms with Gasteiger partial charge < -0.3 is 24.1 Å². The topological polar surface area (TPSA) is 124 Å². The van der Waals surface area contributed by atoms with Gasteiger partial charge in [-0.15, -0.1) is 0 Å². The summed E-state index contributed by atoms with van der Waals surface area (Å²) in [5.41, 5.74) is 0.954. The zero-order valence-corrected chi connectivity index (χ0v) is 24.5. The van der Waals surface area contributed by atoms with Crippen LogP contribution in [0.15, 0.2) is 48.0 Å². The fraction of sp³-hybridized carbons (Fsp3) is 0.333. The van der Waals surface area contributed by atoms with E-state index in [-0.39, 0.29) is 21.3 Å². The van der Waals surface area contributed by atoms with Gasteiger partial charge in [-0.2, -0.15) is 0 Å². The van der Waals surface area contributed by atoms with Crippen molar-refractivity contribution in [2.45, 2.75) is 33.2 Å². The molecule has 0 radical (unpaired) electrons. The Hall–Kier alpha value is -4.38. The van der Waals surface area contributed by atoms with Crippen molar-refractivity contribution in [2.75, 3.05) is 32.8 Å². The largest absolute Gasteiger partial charge is 0.507 e. The number of hydrogen-bond acceptors (Lipinski definition) is 10. The quantitative estimate of drug-likeness (QED) is 0.147. The van der Waals surface area contributed by atoms with E-state index in [4.69, 9.17) is 18.9 Å². The van der Waals surface area contributed by atoms with Crippen molar-refractivity contribution >= 4 is 39.9 Å². The van der Waals surface area contributed by atoms with E-state index in [1.54, 1.807) is 49.4 Å². The molecular weight excluding hydrogens is 548 g/mol. The standard InChI is InChI=1S/C30H32N2O8S/c1-16(2)12-13-40-21-11-10-18(15-22(21)38-5)24-23(25(33)19-8-7-9-20(14-19)37-4)26(34)28(35)32(24)30-31-17(3)27(41-30)29(36)39-6/h7-11,14-16,24,33H,12-13H2,1-6H3. The highest BCUT2D eigenvalue weighted by atomic mass is 32.1. The van der Waals surface area contributed by atoms with Gasteiger partial charge in [0.15, 0.2) is 16.6 Å². The number of nitrogens with zero attached hydrogens (tertiary/aromatic N) is 2. The first kappa shape index (κ1) is 29.6. The maximum Gasteiger partial charge on any atom is 0.350 e. The van der Waals surface area contributed by atoms with Crippen LogP contribution >= 0.6 is 11.3 Å². The number of aryl methyl sites for hydroxylation is 1. The van der Waals surface area contributed by atoms with E-state index in [9.17, 15) is 19.5 Å². The van der Waals surface area contributed by atoms with Crippen molar-refractivity contribution in [3.8, 4) is 17.2 Å². The lowest BCUT2D eigenvalue weighted by molar-refractivity contribution is -0.132. The van der Waals surface area contributed by atoms with E-state index in [0.29, 0.717) is 46.6 Å². The van der Waals surface area contributed by atoms with Crippen molar-refractivity contribution in [1.82, 2.24) is 4.98 Å². The van der Waals surface area contributed by atoms with Crippen molar-refractivity contribution in [1.29, 1.82) is 0 Å². The van der Waals surface area contributed by atoms with Crippen molar-refractivity contribution < 1.29 is 38.4 Å². The first-order chi connectivity index (χ1) is 19.6. The fourth-order valence-corrected chi connectivity index (χ4v) is 5.43. The zero-order chi connectivity index (χ0) is 29.8. The second-order valence-electron chi connectivity index (χ2n) is 9.74. The minimum atomic E-state index is -1.09. The third-order valence-corrected chi connectivity index (χ3v) is 7.74. The van der Waals surface area contributed by atoms with Crippen LogP contribution in [0.2, 0.25) is 0 Å². The van der Waals surface area contributed by atoms with Crippen LogP contribution in [-0.2, 0) is 14.3 Å². The molecule has 1 unspecified atom stereocenters. The van der Waals surface area contributed by atoms with Crippen LogP contribution in [0.25, 0.3) is 5.76 Å². The third kappa shape index (κ3) is 5.90. The van der Waals surface area contributed by atoms with Crippen LogP contribution < -0.4 is 19.1 Å². The van der Waals surface area contributed by atoms with Crippen LogP contribution in [-0.4, -0.2) is 55.7 Å². The summed E-state index contributed by atoms with van der Waals surface area (Å²) in [5, 5.41) is 11.5.